The minimum atomic E-state index is -0.853. The van der Waals surface area contributed by atoms with Crippen molar-refractivity contribution in [1.29, 1.82) is 0 Å². The number of pyridine rings is 1. The van der Waals surface area contributed by atoms with E-state index in [2.05, 4.69) is 9.80 Å². The van der Waals surface area contributed by atoms with Crippen molar-refractivity contribution in [2.45, 2.75) is 38.5 Å². The van der Waals surface area contributed by atoms with Crippen LogP contribution in [0.5, 0.6) is 0 Å². The standard InChI is InChI=1S/C20H29N3O3/c1-26-11-10-22-8-3-6-20(13-22)7-9-23(14-20)18-16(19(24)25)12-15-4-2-5-17(15)21-18/h12H,2-11,13-14H2,1H3,(H,24,25)/t20-/m1/s1. The van der Waals surface area contributed by atoms with Crippen molar-refractivity contribution >= 4 is 11.8 Å². The first-order chi connectivity index (χ1) is 12.6. The fourth-order valence-corrected chi connectivity index (χ4v) is 5.03. The van der Waals surface area contributed by atoms with Crippen molar-refractivity contribution in [3.8, 4) is 0 Å². The number of carboxylic acid groups (broad SMARTS) is 1. The van der Waals surface area contributed by atoms with Gasteiger partial charge in [-0.3, -0.25) is 0 Å². The van der Waals surface area contributed by atoms with Crippen molar-refractivity contribution < 1.29 is 14.6 Å². The minimum Gasteiger partial charge on any atom is -0.478 e. The molecule has 0 amide bonds. The molecule has 0 unspecified atom stereocenters. The number of fused-ring (bicyclic) bond motifs is 1. The Morgan fingerprint density at radius 1 is 1.27 bits per heavy atom. The Bertz CT molecular complexity index is 693. The van der Waals surface area contributed by atoms with Crippen LogP contribution in [0.2, 0.25) is 0 Å². The van der Waals surface area contributed by atoms with E-state index in [1.165, 1.54) is 12.8 Å². The van der Waals surface area contributed by atoms with E-state index < -0.39 is 5.97 Å². The molecule has 6 heteroatoms. The van der Waals surface area contributed by atoms with Gasteiger partial charge in [0.05, 0.1) is 6.61 Å². The van der Waals surface area contributed by atoms with Gasteiger partial charge in [-0.25, -0.2) is 9.78 Å². The maximum atomic E-state index is 11.8. The number of aryl methyl sites for hydroxylation is 2. The number of carboxylic acids is 1. The Hall–Kier alpha value is -1.66. The number of aromatic nitrogens is 1. The van der Waals surface area contributed by atoms with Gasteiger partial charge in [-0.05, 0) is 56.7 Å². The summed E-state index contributed by atoms with van der Waals surface area (Å²) in [4.78, 5) is 21.4. The van der Waals surface area contributed by atoms with Crippen LogP contribution < -0.4 is 4.90 Å². The summed E-state index contributed by atoms with van der Waals surface area (Å²) < 4.78 is 5.24. The van der Waals surface area contributed by atoms with Crippen LogP contribution in [0.1, 0.15) is 47.3 Å². The Morgan fingerprint density at radius 2 is 2.15 bits per heavy atom. The first kappa shape index (κ1) is 17.7. The van der Waals surface area contributed by atoms with Crippen LogP contribution in [0.15, 0.2) is 6.07 Å². The van der Waals surface area contributed by atoms with Crippen LogP contribution in [0.4, 0.5) is 5.82 Å². The molecule has 3 heterocycles. The quantitative estimate of drug-likeness (QED) is 0.869. The first-order valence-electron chi connectivity index (χ1n) is 9.83. The number of ether oxygens (including phenoxy) is 1. The molecule has 1 atom stereocenters. The third kappa shape index (κ3) is 3.32. The Kier molecular flexibility index (Phi) is 4.88. The highest BCUT2D eigenvalue weighted by atomic mass is 16.5. The van der Waals surface area contributed by atoms with E-state index in [-0.39, 0.29) is 5.41 Å². The van der Waals surface area contributed by atoms with Crippen LogP contribution in [0.3, 0.4) is 0 Å². The maximum Gasteiger partial charge on any atom is 0.339 e. The minimum absolute atomic E-state index is 0.266. The molecule has 1 aromatic heterocycles. The normalized spacial score (nSPS) is 25.8. The summed E-state index contributed by atoms with van der Waals surface area (Å²) in [6.45, 7) is 5.81. The van der Waals surface area contributed by atoms with Crippen LogP contribution in [0.25, 0.3) is 0 Å². The zero-order valence-corrected chi connectivity index (χ0v) is 15.7. The molecule has 3 aliphatic rings. The third-order valence-corrected chi connectivity index (χ3v) is 6.35. The summed E-state index contributed by atoms with van der Waals surface area (Å²) in [5, 5.41) is 9.71. The molecule has 2 fully saturated rings. The lowest BCUT2D eigenvalue weighted by Gasteiger charge is -2.40. The number of anilines is 1. The topological polar surface area (TPSA) is 65.9 Å². The van der Waals surface area contributed by atoms with E-state index in [0.717, 1.165) is 76.3 Å². The molecular formula is C20H29N3O3. The second kappa shape index (κ2) is 7.16. The monoisotopic (exact) mass is 359 g/mol. The SMILES string of the molecule is COCCN1CCC[C@@]2(CCN(c3nc4c(cc3C(=O)O)CCC4)C2)C1. The lowest BCUT2D eigenvalue weighted by atomic mass is 9.79. The van der Waals surface area contributed by atoms with E-state index in [4.69, 9.17) is 9.72 Å². The summed E-state index contributed by atoms with van der Waals surface area (Å²) in [6.07, 6.45) is 6.58. The van der Waals surface area contributed by atoms with Gasteiger partial charge in [0.1, 0.15) is 11.4 Å². The molecule has 1 aliphatic carbocycles. The van der Waals surface area contributed by atoms with Crippen molar-refractivity contribution in [1.82, 2.24) is 9.88 Å². The second-order valence-electron chi connectivity index (χ2n) is 8.17. The largest absolute Gasteiger partial charge is 0.478 e. The number of hydrogen-bond donors (Lipinski definition) is 1. The lowest BCUT2D eigenvalue weighted by Crippen LogP contribution is -2.46. The molecule has 1 aromatic rings. The van der Waals surface area contributed by atoms with Crippen molar-refractivity contribution in [3.05, 3.63) is 22.9 Å². The molecule has 0 radical (unpaired) electrons. The van der Waals surface area contributed by atoms with Gasteiger partial charge in [0.15, 0.2) is 0 Å². The highest BCUT2D eigenvalue weighted by molar-refractivity contribution is 5.93. The number of aromatic carboxylic acids is 1. The Morgan fingerprint density at radius 3 is 2.96 bits per heavy atom. The molecule has 2 aliphatic heterocycles. The van der Waals surface area contributed by atoms with Gasteiger partial charge >= 0.3 is 5.97 Å². The molecule has 0 saturated carbocycles. The number of nitrogens with zero attached hydrogens (tertiary/aromatic N) is 3. The smallest absolute Gasteiger partial charge is 0.339 e. The predicted octanol–water partition coefficient (Wildman–Crippen LogP) is 2.21. The summed E-state index contributed by atoms with van der Waals surface area (Å²) in [6, 6.07) is 1.88. The Labute approximate surface area is 155 Å². The molecule has 1 spiro atoms. The van der Waals surface area contributed by atoms with Gasteiger partial charge in [0.25, 0.3) is 0 Å². The van der Waals surface area contributed by atoms with Crippen molar-refractivity contribution in [3.63, 3.8) is 0 Å². The summed E-state index contributed by atoms with van der Waals surface area (Å²) in [5.41, 5.74) is 2.89. The average molecular weight is 359 g/mol. The zero-order valence-electron chi connectivity index (χ0n) is 15.7. The van der Waals surface area contributed by atoms with Gasteiger partial charge in [0, 0.05) is 44.4 Å². The molecule has 0 aromatic carbocycles. The van der Waals surface area contributed by atoms with E-state index in [0.29, 0.717) is 11.4 Å². The van der Waals surface area contributed by atoms with Crippen molar-refractivity contribution in [2.75, 3.05) is 51.3 Å². The van der Waals surface area contributed by atoms with Gasteiger partial charge in [-0.2, -0.15) is 0 Å². The second-order valence-corrected chi connectivity index (χ2v) is 8.17. The lowest BCUT2D eigenvalue weighted by molar-refractivity contribution is 0.0695. The average Bonchev–Trinajstić information content (AvgIpc) is 3.25. The van der Waals surface area contributed by atoms with Gasteiger partial charge < -0.3 is 19.6 Å². The van der Waals surface area contributed by atoms with E-state index in [1.54, 1.807) is 7.11 Å². The Balaban J connectivity index is 1.54. The highest BCUT2D eigenvalue weighted by Crippen LogP contribution is 2.41. The first-order valence-corrected chi connectivity index (χ1v) is 9.83. The number of methoxy groups -OCH3 is 1. The molecular weight excluding hydrogens is 330 g/mol. The summed E-state index contributed by atoms with van der Waals surface area (Å²) in [7, 11) is 1.75. The third-order valence-electron chi connectivity index (χ3n) is 6.35. The molecule has 1 N–H and O–H groups in total. The number of likely N-dealkylation sites (tertiary alicyclic amines) is 1. The van der Waals surface area contributed by atoms with E-state index >= 15 is 0 Å². The van der Waals surface area contributed by atoms with Crippen LogP contribution in [-0.4, -0.2) is 67.4 Å². The van der Waals surface area contributed by atoms with Gasteiger partial charge in [-0.15, -0.1) is 0 Å². The highest BCUT2D eigenvalue weighted by Gasteiger charge is 2.42. The van der Waals surface area contributed by atoms with Crippen LogP contribution in [-0.2, 0) is 17.6 Å². The molecule has 4 rings (SSSR count). The van der Waals surface area contributed by atoms with Gasteiger partial charge in [-0.1, -0.05) is 0 Å². The van der Waals surface area contributed by atoms with E-state index in [1.807, 2.05) is 6.07 Å². The molecule has 0 bridgehead atoms. The zero-order chi connectivity index (χ0) is 18.1. The molecule has 6 nitrogen and oxygen atoms in total. The summed E-state index contributed by atoms with van der Waals surface area (Å²) in [5.74, 6) is -0.155. The number of piperidine rings is 1. The fraction of sp³-hybridized carbons (Fsp3) is 0.700. The number of carbonyl (C=O) groups is 1. The molecule has 2 saturated heterocycles. The van der Waals surface area contributed by atoms with Crippen LogP contribution >= 0.6 is 0 Å². The fourth-order valence-electron chi connectivity index (χ4n) is 5.03. The van der Waals surface area contributed by atoms with E-state index in [9.17, 15) is 9.90 Å². The van der Waals surface area contributed by atoms with Crippen molar-refractivity contribution in [2.24, 2.45) is 5.41 Å². The molecule has 142 valence electrons. The number of hydrogen-bond acceptors (Lipinski definition) is 5. The molecule has 26 heavy (non-hydrogen) atoms. The maximum absolute atomic E-state index is 11.8. The van der Waals surface area contributed by atoms with Gasteiger partial charge in [0.2, 0.25) is 0 Å². The summed E-state index contributed by atoms with van der Waals surface area (Å²) >= 11 is 0. The predicted molar refractivity (Wildman–Crippen MR) is 100 cm³/mol. The van der Waals surface area contributed by atoms with Crippen LogP contribution in [0, 0.1) is 5.41 Å². The number of rotatable bonds is 5.